The SMILES string of the molecule is COc1ccc(Br)c(C(=O)N(CC(N)=O)Cc2ccccc2)c1. The zero-order chi connectivity index (χ0) is 16.8. The van der Waals surface area contributed by atoms with E-state index in [1.54, 1.807) is 18.2 Å². The van der Waals surface area contributed by atoms with Gasteiger partial charge in [-0.15, -0.1) is 0 Å². The van der Waals surface area contributed by atoms with Gasteiger partial charge < -0.3 is 15.4 Å². The van der Waals surface area contributed by atoms with Crippen molar-refractivity contribution < 1.29 is 14.3 Å². The smallest absolute Gasteiger partial charge is 0.255 e. The molecule has 0 saturated carbocycles. The maximum Gasteiger partial charge on any atom is 0.255 e. The molecule has 2 rings (SSSR count). The first-order chi connectivity index (χ1) is 11.0. The van der Waals surface area contributed by atoms with Gasteiger partial charge in [0.1, 0.15) is 5.75 Å². The van der Waals surface area contributed by atoms with E-state index in [4.69, 9.17) is 10.5 Å². The topological polar surface area (TPSA) is 72.6 Å². The number of primary amides is 1. The molecule has 0 spiro atoms. The molecule has 23 heavy (non-hydrogen) atoms. The van der Waals surface area contributed by atoms with Crippen LogP contribution in [0.25, 0.3) is 0 Å². The van der Waals surface area contributed by atoms with Crippen LogP contribution in [0.1, 0.15) is 15.9 Å². The lowest BCUT2D eigenvalue weighted by Gasteiger charge is -2.22. The average Bonchev–Trinajstić information content (AvgIpc) is 2.54. The van der Waals surface area contributed by atoms with Gasteiger partial charge in [0.2, 0.25) is 5.91 Å². The molecule has 6 heteroatoms. The normalized spacial score (nSPS) is 10.2. The zero-order valence-electron chi connectivity index (χ0n) is 12.7. The van der Waals surface area contributed by atoms with Crippen LogP contribution in [0.2, 0.25) is 0 Å². The molecule has 2 N–H and O–H groups in total. The first-order valence-electron chi connectivity index (χ1n) is 6.96. The summed E-state index contributed by atoms with van der Waals surface area (Å²) in [6, 6.07) is 14.5. The summed E-state index contributed by atoms with van der Waals surface area (Å²) in [6.45, 7) is 0.143. The summed E-state index contributed by atoms with van der Waals surface area (Å²) in [7, 11) is 1.53. The van der Waals surface area contributed by atoms with Crippen molar-refractivity contribution >= 4 is 27.7 Å². The number of methoxy groups -OCH3 is 1. The number of carbonyl (C=O) groups excluding carboxylic acids is 2. The second-order valence-corrected chi connectivity index (χ2v) is 5.81. The molecule has 0 aliphatic rings. The molecule has 2 aromatic carbocycles. The minimum atomic E-state index is -0.562. The van der Waals surface area contributed by atoms with Crippen LogP contribution in [0.15, 0.2) is 53.0 Å². The van der Waals surface area contributed by atoms with Gasteiger partial charge >= 0.3 is 0 Å². The van der Waals surface area contributed by atoms with E-state index in [1.807, 2.05) is 30.3 Å². The van der Waals surface area contributed by atoms with Crippen molar-refractivity contribution in [3.05, 3.63) is 64.1 Å². The number of nitrogens with zero attached hydrogens (tertiary/aromatic N) is 1. The Morgan fingerprint density at radius 1 is 1.17 bits per heavy atom. The predicted molar refractivity (Wildman–Crippen MR) is 91.1 cm³/mol. The molecule has 0 saturated heterocycles. The molecular weight excluding hydrogens is 360 g/mol. The summed E-state index contributed by atoms with van der Waals surface area (Å²) in [5, 5.41) is 0. The second kappa shape index (κ2) is 7.78. The van der Waals surface area contributed by atoms with E-state index in [0.29, 0.717) is 22.3 Å². The summed E-state index contributed by atoms with van der Waals surface area (Å²) >= 11 is 3.36. The largest absolute Gasteiger partial charge is 0.497 e. The molecule has 0 aromatic heterocycles. The Morgan fingerprint density at radius 2 is 1.87 bits per heavy atom. The summed E-state index contributed by atoms with van der Waals surface area (Å²) in [5.41, 5.74) is 6.62. The van der Waals surface area contributed by atoms with Gasteiger partial charge in [-0.05, 0) is 39.7 Å². The predicted octanol–water partition coefficient (Wildman–Crippen LogP) is 2.59. The van der Waals surface area contributed by atoms with E-state index in [2.05, 4.69) is 15.9 Å². The van der Waals surface area contributed by atoms with Crippen LogP contribution < -0.4 is 10.5 Å². The van der Waals surface area contributed by atoms with Gasteiger partial charge in [0.05, 0.1) is 19.2 Å². The Hall–Kier alpha value is -2.34. The molecule has 0 radical (unpaired) electrons. The molecule has 0 aliphatic carbocycles. The molecule has 120 valence electrons. The van der Waals surface area contributed by atoms with Gasteiger partial charge in [-0.1, -0.05) is 30.3 Å². The van der Waals surface area contributed by atoms with Crippen LogP contribution >= 0.6 is 15.9 Å². The lowest BCUT2D eigenvalue weighted by Crippen LogP contribution is -2.38. The Labute approximate surface area is 143 Å². The third kappa shape index (κ3) is 4.56. The van der Waals surface area contributed by atoms with Crippen LogP contribution in [0.4, 0.5) is 0 Å². The summed E-state index contributed by atoms with van der Waals surface area (Å²) in [4.78, 5) is 25.6. The minimum Gasteiger partial charge on any atom is -0.497 e. The highest BCUT2D eigenvalue weighted by Gasteiger charge is 2.21. The number of halogens is 1. The fourth-order valence-corrected chi connectivity index (χ4v) is 2.57. The summed E-state index contributed by atoms with van der Waals surface area (Å²) in [5.74, 6) is -0.290. The quantitative estimate of drug-likeness (QED) is 0.841. The molecule has 0 aliphatic heterocycles. The summed E-state index contributed by atoms with van der Waals surface area (Å²) < 4.78 is 5.79. The Balaban J connectivity index is 2.31. The Bertz CT molecular complexity index is 704. The van der Waals surface area contributed by atoms with E-state index in [0.717, 1.165) is 5.56 Å². The zero-order valence-corrected chi connectivity index (χ0v) is 14.2. The lowest BCUT2D eigenvalue weighted by atomic mass is 10.1. The van der Waals surface area contributed by atoms with Crippen molar-refractivity contribution in [2.75, 3.05) is 13.7 Å². The van der Waals surface area contributed by atoms with Gasteiger partial charge in [0.25, 0.3) is 5.91 Å². The fourth-order valence-electron chi connectivity index (χ4n) is 2.16. The van der Waals surface area contributed by atoms with E-state index in [-0.39, 0.29) is 12.5 Å². The van der Waals surface area contributed by atoms with Crippen LogP contribution in [-0.4, -0.2) is 30.4 Å². The number of nitrogens with two attached hydrogens (primary N) is 1. The van der Waals surface area contributed by atoms with Crippen molar-refractivity contribution in [2.24, 2.45) is 5.73 Å². The van der Waals surface area contributed by atoms with Crippen LogP contribution in [0, 0.1) is 0 Å². The van der Waals surface area contributed by atoms with Crippen molar-refractivity contribution in [3.8, 4) is 5.75 Å². The molecule has 0 heterocycles. The van der Waals surface area contributed by atoms with Crippen molar-refractivity contribution in [3.63, 3.8) is 0 Å². The van der Waals surface area contributed by atoms with Gasteiger partial charge in [-0.25, -0.2) is 0 Å². The van der Waals surface area contributed by atoms with Crippen LogP contribution in [0.5, 0.6) is 5.75 Å². The molecule has 0 unspecified atom stereocenters. The number of ether oxygens (including phenoxy) is 1. The number of hydrogen-bond donors (Lipinski definition) is 1. The van der Waals surface area contributed by atoms with E-state index < -0.39 is 5.91 Å². The summed E-state index contributed by atoms with van der Waals surface area (Å²) in [6.07, 6.45) is 0. The molecule has 2 amide bonds. The number of benzene rings is 2. The number of hydrogen-bond acceptors (Lipinski definition) is 3. The monoisotopic (exact) mass is 376 g/mol. The van der Waals surface area contributed by atoms with Crippen molar-refractivity contribution in [1.29, 1.82) is 0 Å². The number of rotatable bonds is 6. The average molecular weight is 377 g/mol. The molecule has 0 atom stereocenters. The second-order valence-electron chi connectivity index (χ2n) is 4.96. The molecule has 2 aromatic rings. The number of amides is 2. The van der Waals surface area contributed by atoms with E-state index in [1.165, 1.54) is 12.0 Å². The molecule has 0 bridgehead atoms. The maximum atomic E-state index is 12.8. The highest BCUT2D eigenvalue weighted by molar-refractivity contribution is 9.10. The van der Waals surface area contributed by atoms with Crippen LogP contribution in [-0.2, 0) is 11.3 Å². The molecule has 5 nitrogen and oxygen atoms in total. The number of carbonyl (C=O) groups is 2. The highest BCUT2D eigenvalue weighted by atomic mass is 79.9. The van der Waals surface area contributed by atoms with Gasteiger partial charge in [0, 0.05) is 11.0 Å². The highest BCUT2D eigenvalue weighted by Crippen LogP contribution is 2.24. The third-order valence-electron chi connectivity index (χ3n) is 3.25. The van der Waals surface area contributed by atoms with E-state index >= 15 is 0 Å². The van der Waals surface area contributed by atoms with Crippen LogP contribution in [0.3, 0.4) is 0 Å². The van der Waals surface area contributed by atoms with Crippen molar-refractivity contribution in [2.45, 2.75) is 6.54 Å². The van der Waals surface area contributed by atoms with Gasteiger partial charge in [-0.3, -0.25) is 9.59 Å². The van der Waals surface area contributed by atoms with Gasteiger partial charge in [-0.2, -0.15) is 0 Å². The molecular formula is C17H17BrN2O3. The Morgan fingerprint density at radius 3 is 2.48 bits per heavy atom. The van der Waals surface area contributed by atoms with Crippen molar-refractivity contribution in [1.82, 2.24) is 4.90 Å². The first kappa shape index (κ1) is 17.0. The molecule has 0 fully saturated rings. The minimum absolute atomic E-state index is 0.155. The Kier molecular flexibility index (Phi) is 5.76. The lowest BCUT2D eigenvalue weighted by molar-refractivity contribution is -0.118. The standard InChI is InChI=1S/C17H17BrN2O3/c1-23-13-7-8-15(18)14(9-13)17(22)20(11-16(19)21)10-12-5-3-2-4-6-12/h2-9H,10-11H2,1H3,(H2,19,21). The fraction of sp³-hybridized carbons (Fsp3) is 0.176. The van der Waals surface area contributed by atoms with E-state index in [9.17, 15) is 9.59 Å². The maximum absolute atomic E-state index is 12.8. The third-order valence-corrected chi connectivity index (χ3v) is 3.95. The first-order valence-corrected chi connectivity index (χ1v) is 7.75. The van der Waals surface area contributed by atoms with Gasteiger partial charge in [0.15, 0.2) is 0 Å².